The van der Waals surface area contributed by atoms with Crippen molar-refractivity contribution in [2.45, 2.75) is 38.8 Å². The molecule has 25 heavy (non-hydrogen) atoms. The van der Waals surface area contributed by atoms with Gasteiger partial charge in [-0.3, -0.25) is 4.79 Å². The van der Waals surface area contributed by atoms with Crippen molar-refractivity contribution in [3.63, 3.8) is 0 Å². The highest BCUT2D eigenvalue weighted by Crippen LogP contribution is 2.20. The number of amides is 1. The topological polar surface area (TPSA) is 84.0 Å². The fourth-order valence-corrected chi connectivity index (χ4v) is 2.18. The van der Waals surface area contributed by atoms with Gasteiger partial charge in [-0.1, -0.05) is 6.07 Å². The predicted octanol–water partition coefficient (Wildman–Crippen LogP) is 1.30. The molecule has 138 valence electrons. The van der Waals surface area contributed by atoms with E-state index in [1.54, 1.807) is 7.11 Å². The normalized spacial score (nSPS) is 15.2. The first-order valence-corrected chi connectivity index (χ1v) is 8.73. The van der Waals surface area contributed by atoms with Crippen LogP contribution in [0.4, 0.5) is 0 Å². The van der Waals surface area contributed by atoms with Crippen LogP contribution in [0.1, 0.15) is 26.7 Å². The maximum Gasteiger partial charge on any atom is 0.242 e. The number of benzene rings is 1. The second-order valence-electron chi connectivity index (χ2n) is 6.03. The van der Waals surface area contributed by atoms with Gasteiger partial charge in [-0.25, -0.2) is 4.99 Å². The van der Waals surface area contributed by atoms with Crippen molar-refractivity contribution in [3.8, 4) is 11.5 Å². The molecule has 1 amide bonds. The van der Waals surface area contributed by atoms with E-state index in [0.717, 1.165) is 30.9 Å². The number of ether oxygens (including phenoxy) is 2. The number of methoxy groups -OCH3 is 1. The van der Waals surface area contributed by atoms with Gasteiger partial charge >= 0.3 is 0 Å². The third kappa shape index (κ3) is 7.32. The van der Waals surface area contributed by atoms with Crippen molar-refractivity contribution in [2.24, 2.45) is 4.99 Å². The minimum Gasteiger partial charge on any atom is -0.497 e. The van der Waals surface area contributed by atoms with Crippen molar-refractivity contribution < 1.29 is 14.3 Å². The van der Waals surface area contributed by atoms with E-state index in [2.05, 4.69) is 20.9 Å². The Morgan fingerprint density at radius 2 is 2.08 bits per heavy atom. The van der Waals surface area contributed by atoms with Crippen molar-refractivity contribution in [2.75, 3.05) is 26.7 Å². The number of aliphatic imine (C=N–C) groups is 1. The second-order valence-corrected chi connectivity index (χ2v) is 6.03. The van der Waals surface area contributed by atoms with Gasteiger partial charge in [0.1, 0.15) is 24.1 Å². The molecule has 1 unspecified atom stereocenters. The summed E-state index contributed by atoms with van der Waals surface area (Å²) in [4.78, 5) is 16.0. The molecule has 2 rings (SSSR count). The summed E-state index contributed by atoms with van der Waals surface area (Å²) in [6.07, 6.45) is 2.08. The minimum absolute atomic E-state index is 0.0413. The molecular formula is C18H28N4O3. The van der Waals surface area contributed by atoms with Gasteiger partial charge in [0.05, 0.1) is 13.7 Å². The molecule has 1 aliphatic rings. The van der Waals surface area contributed by atoms with E-state index >= 15 is 0 Å². The molecule has 0 aromatic heterocycles. The Bertz CT molecular complexity index is 587. The van der Waals surface area contributed by atoms with Crippen LogP contribution in [-0.2, 0) is 4.79 Å². The SMILES string of the molecule is CCNC(=NCC(=O)NC1CC1)NCC(C)Oc1cccc(OC)c1. The summed E-state index contributed by atoms with van der Waals surface area (Å²) in [5.74, 6) is 2.07. The van der Waals surface area contributed by atoms with Gasteiger partial charge in [-0.2, -0.15) is 0 Å². The van der Waals surface area contributed by atoms with E-state index in [-0.39, 0.29) is 18.6 Å². The van der Waals surface area contributed by atoms with Crippen LogP contribution in [0.5, 0.6) is 11.5 Å². The standard InChI is InChI=1S/C18H28N4O3/c1-4-19-18(21-12-17(23)22-14-8-9-14)20-11-13(2)25-16-7-5-6-15(10-16)24-3/h5-7,10,13-14H,4,8-9,11-12H2,1-3H3,(H,22,23)(H2,19,20,21). The van der Waals surface area contributed by atoms with Gasteiger partial charge in [0.25, 0.3) is 0 Å². The summed E-state index contributed by atoms with van der Waals surface area (Å²) < 4.78 is 11.1. The van der Waals surface area contributed by atoms with Gasteiger partial charge in [-0.15, -0.1) is 0 Å². The van der Waals surface area contributed by atoms with Crippen LogP contribution in [0.2, 0.25) is 0 Å². The number of carbonyl (C=O) groups excluding carboxylic acids is 1. The van der Waals surface area contributed by atoms with Crippen LogP contribution >= 0.6 is 0 Å². The lowest BCUT2D eigenvalue weighted by Gasteiger charge is -2.18. The van der Waals surface area contributed by atoms with Gasteiger partial charge in [0, 0.05) is 18.7 Å². The third-order valence-electron chi connectivity index (χ3n) is 3.60. The maximum atomic E-state index is 11.7. The van der Waals surface area contributed by atoms with Crippen LogP contribution in [0, 0.1) is 0 Å². The van der Waals surface area contributed by atoms with Crippen molar-refractivity contribution in [1.29, 1.82) is 0 Å². The Morgan fingerprint density at radius 1 is 1.32 bits per heavy atom. The Labute approximate surface area is 149 Å². The summed E-state index contributed by atoms with van der Waals surface area (Å²) in [5.41, 5.74) is 0. The monoisotopic (exact) mass is 348 g/mol. The number of guanidine groups is 1. The molecule has 0 aliphatic heterocycles. The molecule has 1 saturated carbocycles. The number of hydrogen-bond acceptors (Lipinski definition) is 4. The number of carbonyl (C=O) groups is 1. The predicted molar refractivity (Wildman–Crippen MR) is 98.2 cm³/mol. The first-order chi connectivity index (χ1) is 12.1. The molecule has 1 atom stereocenters. The molecule has 1 aromatic carbocycles. The van der Waals surface area contributed by atoms with Gasteiger partial charge in [-0.05, 0) is 38.8 Å². The molecule has 0 heterocycles. The fourth-order valence-electron chi connectivity index (χ4n) is 2.18. The molecule has 7 nitrogen and oxygen atoms in total. The maximum absolute atomic E-state index is 11.7. The molecular weight excluding hydrogens is 320 g/mol. The Hall–Kier alpha value is -2.44. The van der Waals surface area contributed by atoms with Crippen LogP contribution in [-0.4, -0.2) is 50.8 Å². The zero-order valence-corrected chi connectivity index (χ0v) is 15.2. The minimum atomic E-state index is -0.0729. The summed E-state index contributed by atoms with van der Waals surface area (Å²) in [5, 5.41) is 9.25. The summed E-state index contributed by atoms with van der Waals surface area (Å²) in [7, 11) is 1.63. The molecule has 1 aliphatic carbocycles. The van der Waals surface area contributed by atoms with Crippen LogP contribution < -0.4 is 25.4 Å². The first kappa shape index (κ1) is 18.9. The second kappa shape index (κ2) is 9.76. The first-order valence-electron chi connectivity index (χ1n) is 8.73. The number of hydrogen-bond donors (Lipinski definition) is 3. The summed E-state index contributed by atoms with van der Waals surface area (Å²) in [6, 6.07) is 7.85. The van der Waals surface area contributed by atoms with E-state index in [9.17, 15) is 4.79 Å². The largest absolute Gasteiger partial charge is 0.497 e. The van der Waals surface area contributed by atoms with Crippen LogP contribution in [0.25, 0.3) is 0 Å². The number of nitrogens with one attached hydrogen (secondary N) is 3. The summed E-state index contributed by atoms with van der Waals surface area (Å²) >= 11 is 0. The van der Waals surface area contributed by atoms with E-state index in [0.29, 0.717) is 18.5 Å². The average molecular weight is 348 g/mol. The van der Waals surface area contributed by atoms with Crippen LogP contribution in [0.15, 0.2) is 29.3 Å². The van der Waals surface area contributed by atoms with Crippen molar-refractivity contribution >= 4 is 11.9 Å². The Morgan fingerprint density at radius 3 is 2.76 bits per heavy atom. The molecule has 1 fully saturated rings. The van der Waals surface area contributed by atoms with Crippen molar-refractivity contribution in [1.82, 2.24) is 16.0 Å². The van der Waals surface area contributed by atoms with E-state index < -0.39 is 0 Å². The zero-order chi connectivity index (χ0) is 18.1. The van der Waals surface area contributed by atoms with Gasteiger partial charge in [0.15, 0.2) is 5.96 Å². The van der Waals surface area contributed by atoms with Gasteiger partial charge < -0.3 is 25.4 Å². The highest BCUT2D eigenvalue weighted by molar-refractivity contribution is 5.85. The van der Waals surface area contributed by atoms with E-state index in [1.165, 1.54) is 0 Å². The zero-order valence-electron chi connectivity index (χ0n) is 15.2. The highest BCUT2D eigenvalue weighted by atomic mass is 16.5. The number of rotatable bonds is 9. The molecule has 1 aromatic rings. The molecule has 0 saturated heterocycles. The number of nitrogens with zero attached hydrogens (tertiary/aromatic N) is 1. The van der Waals surface area contributed by atoms with Crippen LogP contribution in [0.3, 0.4) is 0 Å². The lowest BCUT2D eigenvalue weighted by Crippen LogP contribution is -2.42. The third-order valence-corrected chi connectivity index (χ3v) is 3.60. The van der Waals surface area contributed by atoms with E-state index in [1.807, 2.05) is 38.1 Å². The molecule has 0 radical (unpaired) electrons. The highest BCUT2D eigenvalue weighted by Gasteiger charge is 2.22. The van der Waals surface area contributed by atoms with Gasteiger partial charge in [0.2, 0.25) is 5.91 Å². The molecule has 3 N–H and O–H groups in total. The Balaban J connectivity index is 1.78. The molecule has 0 spiro atoms. The molecule has 7 heteroatoms. The average Bonchev–Trinajstić information content (AvgIpc) is 3.41. The molecule has 0 bridgehead atoms. The summed E-state index contributed by atoms with van der Waals surface area (Å²) in [6.45, 7) is 5.36. The lowest BCUT2D eigenvalue weighted by atomic mass is 10.3. The van der Waals surface area contributed by atoms with Crippen molar-refractivity contribution in [3.05, 3.63) is 24.3 Å². The lowest BCUT2D eigenvalue weighted by molar-refractivity contribution is -0.119. The van der Waals surface area contributed by atoms with E-state index in [4.69, 9.17) is 9.47 Å². The fraction of sp³-hybridized carbons (Fsp3) is 0.556. The quantitative estimate of drug-likeness (QED) is 0.463. The Kier molecular flexibility index (Phi) is 7.37. The smallest absolute Gasteiger partial charge is 0.242 e.